The Balaban J connectivity index is 1.63. The zero-order valence-corrected chi connectivity index (χ0v) is 15.1. The van der Waals surface area contributed by atoms with Crippen LogP contribution in [0.5, 0.6) is 0 Å². The number of amides is 2. The second kappa shape index (κ2) is 7.99. The van der Waals surface area contributed by atoms with Gasteiger partial charge in [-0.15, -0.1) is 0 Å². The molecule has 8 nitrogen and oxygen atoms in total. The average Bonchev–Trinajstić information content (AvgIpc) is 3.23. The molecule has 26 heavy (non-hydrogen) atoms. The van der Waals surface area contributed by atoms with Gasteiger partial charge < -0.3 is 19.1 Å². The van der Waals surface area contributed by atoms with Gasteiger partial charge in [-0.2, -0.15) is 0 Å². The number of aromatic nitrogens is 2. The summed E-state index contributed by atoms with van der Waals surface area (Å²) in [5, 5.41) is 0. The predicted octanol–water partition coefficient (Wildman–Crippen LogP) is 1.51. The van der Waals surface area contributed by atoms with E-state index in [9.17, 15) is 9.59 Å². The zero-order valence-electron chi connectivity index (χ0n) is 15.1. The molecule has 2 aromatic heterocycles. The van der Waals surface area contributed by atoms with E-state index in [1.165, 1.54) is 6.26 Å². The Morgan fingerprint density at radius 3 is 2.31 bits per heavy atom. The summed E-state index contributed by atoms with van der Waals surface area (Å²) < 4.78 is 5.16. The maximum atomic E-state index is 12.8. The van der Waals surface area contributed by atoms with E-state index in [4.69, 9.17) is 4.42 Å². The lowest BCUT2D eigenvalue weighted by molar-refractivity contribution is 0.0515. The molecule has 138 valence electrons. The molecule has 0 bridgehead atoms. The normalized spacial score (nSPS) is 14.4. The number of hydrogen-bond acceptors (Lipinski definition) is 6. The second-order valence-corrected chi connectivity index (χ2v) is 5.98. The van der Waals surface area contributed by atoms with Crippen LogP contribution in [0.1, 0.15) is 34.9 Å². The molecule has 1 fully saturated rings. The summed E-state index contributed by atoms with van der Waals surface area (Å²) in [7, 11) is 0. The number of hydrogen-bond donors (Lipinski definition) is 0. The molecule has 3 heterocycles. The number of rotatable bonds is 5. The number of nitrogens with zero attached hydrogens (tertiary/aromatic N) is 5. The lowest BCUT2D eigenvalue weighted by Gasteiger charge is -2.34. The van der Waals surface area contributed by atoms with E-state index >= 15 is 0 Å². The van der Waals surface area contributed by atoms with Crippen LogP contribution in [-0.4, -0.2) is 70.9 Å². The van der Waals surface area contributed by atoms with Gasteiger partial charge in [0.15, 0.2) is 5.76 Å². The predicted molar refractivity (Wildman–Crippen MR) is 96.1 cm³/mol. The van der Waals surface area contributed by atoms with Crippen LogP contribution in [0.4, 0.5) is 5.95 Å². The Bertz CT molecular complexity index is 750. The standard InChI is InChI=1S/C18H23N5O3/c1-3-21(4-2)18-19-8-7-14(20-18)16(24)22-9-11-23(12-10-22)17(25)15-6-5-13-26-15/h5-8,13H,3-4,9-12H2,1-2H3. The molecule has 0 radical (unpaired) electrons. The summed E-state index contributed by atoms with van der Waals surface area (Å²) >= 11 is 0. The molecular weight excluding hydrogens is 334 g/mol. The van der Waals surface area contributed by atoms with E-state index in [0.717, 1.165) is 13.1 Å². The lowest BCUT2D eigenvalue weighted by Crippen LogP contribution is -2.50. The molecule has 1 aliphatic rings. The summed E-state index contributed by atoms with van der Waals surface area (Å²) in [5.74, 6) is 0.607. The molecular formula is C18H23N5O3. The highest BCUT2D eigenvalue weighted by atomic mass is 16.3. The molecule has 0 atom stereocenters. The molecule has 2 aromatic rings. The van der Waals surface area contributed by atoms with E-state index in [0.29, 0.717) is 43.6 Å². The molecule has 0 unspecified atom stereocenters. The lowest BCUT2D eigenvalue weighted by atomic mass is 10.2. The van der Waals surface area contributed by atoms with Gasteiger partial charge in [-0.25, -0.2) is 9.97 Å². The van der Waals surface area contributed by atoms with Crippen molar-refractivity contribution >= 4 is 17.8 Å². The van der Waals surface area contributed by atoms with Crippen LogP contribution in [0.3, 0.4) is 0 Å². The van der Waals surface area contributed by atoms with Crippen LogP contribution in [-0.2, 0) is 0 Å². The minimum atomic E-state index is -0.145. The third-order valence-corrected chi connectivity index (χ3v) is 4.49. The van der Waals surface area contributed by atoms with E-state index in [-0.39, 0.29) is 11.8 Å². The summed E-state index contributed by atoms with van der Waals surface area (Å²) in [6.07, 6.45) is 3.10. The van der Waals surface area contributed by atoms with Crippen LogP contribution < -0.4 is 4.90 Å². The largest absolute Gasteiger partial charge is 0.459 e. The van der Waals surface area contributed by atoms with Crippen molar-refractivity contribution in [2.45, 2.75) is 13.8 Å². The van der Waals surface area contributed by atoms with Gasteiger partial charge >= 0.3 is 0 Å². The molecule has 0 N–H and O–H groups in total. The number of furan rings is 1. The SMILES string of the molecule is CCN(CC)c1nccc(C(=O)N2CCN(C(=O)c3ccco3)CC2)n1. The fourth-order valence-corrected chi connectivity index (χ4v) is 2.96. The van der Waals surface area contributed by atoms with Gasteiger partial charge in [0.05, 0.1) is 6.26 Å². The fraction of sp³-hybridized carbons (Fsp3) is 0.444. The van der Waals surface area contributed by atoms with Gasteiger partial charge in [0.2, 0.25) is 5.95 Å². The van der Waals surface area contributed by atoms with Gasteiger partial charge in [0.25, 0.3) is 11.8 Å². The first-order chi connectivity index (χ1) is 12.6. The first-order valence-corrected chi connectivity index (χ1v) is 8.84. The highest BCUT2D eigenvalue weighted by Crippen LogP contribution is 2.13. The van der Waals surface area contributed by atoms with Crippen molar-refractivity contribution in [3.8, 4) is 0 Å². The highest BCUT2D eigenvalue weighted by Gasteiger charge is 2.27. The van der Waals surface area contributed by atoms with Crippen LogP contribution in [0.25, 0.3) is 0 Å². The maximum Gasteiger partial charge on any atom is 0.289 e. The molecule has 0 saturated carbocycles. The van der Waals surface area contributed by atoms with E-state index in [2.05, 4.69) is 9.97 Å². The summed E-state index contributed by atoms with van der Waals surface area (Å²) in [4.78, 5) is 39.1. The third-order valence-electron chi connectivity index (χ3n) is 4.49. The molecule has 3 rings (SSSR count). The van der Waals surface area contributed by atoms with Crippen molar-refractivity contribution in [3.63, 3.8) is 0 Å². The highest BCUT2D eigenvalue weighted by molar-refractivity contribution is 5.93. The summed E-state index contributed by atoms with van der Waals surface area (Å²) in [6.45, 7) is 7.49. The molecule has 0 aromatic carbocycles. The van der Waals surface area contributed by atoms with Crippen molar-refractivity contribution in [1.82, 2.24) is 19.8 Å². The first-order valence-electron chi connectivity index (χ1n) is 8.84. The van der Waals surface area contributed by atoms with Crippen LogP contribution >= 0.6 is 0 Å². The molecule has 1 aliphatic heterocycles. The quantitative estimate of drug-likeness (QED) is 0.807. The number of carbonyl (C=O) groups is 2. The van der Waals surface area contributed by atoms with Crippen LogP contribution in [0.15, 0.2) is 35.1 Å². The van der Waals surface area contributed by atoms with Gasteiger partial charge in [0, 0.05) is 45.5 Å². The Kier molecular flexibility index (Phi) is 5.50. The van der Waals surface area contributed by atoms with Crippen molar-refractivity contribution in [3.05, 3.63) is 42.1 Å². The number of anilines is 1. The smallest absolute Gasteiger partial charge is 0.289 e. The van der Waals surface area contributed by atoms with Crippen molar-refractivity contribution < 1.29 is 14.0 Å². The molecule has 2 amide bonds. The first kappa shape index (κ1) is 17.9. The summed E-state index contributed by atoms with van der Waals surface area (Å²) in [5.41, 5.74) is 0.382. The second-order valence-electron chi connectivity index (χ2n) is 5.98. The molecule has 0 aliphatic carbocycles. The third kappa shape index (κ3) is 3.68. The number of piperazine rings is 1. The molecule has 0 spiro atoms. The van der Waals surface area contributed by atoms with E-state index in [1.807, 2.05) is 18.7 Å². The van der Waals surface area contributed by atoms with Crippen LogP contribution in [0.2, 0.25) is 0 Å². The summed E-state index contributed by atoms with van der Waals surface area (Å²) in [6, 6.07) is 4.97. The van der Waals surface area contributed by atoms with Crippen LogP contribution in [0, 0.1) is 0 Å². The zero-order chi connectivity index (χ0) is 18.5. The van der Waals surface area contributed by atoms with Gasteiger partial charge in [0.1, 0.15) is 5.69 Å². The van der Waals surface area contributed by atoms with Crippen molar-refractivity contribution in [1.29, 1.82) is 0 Å². The average molecular weight is 357 g/mol. The minimum absolute atomic E-state index is 0.133. The Labute approximate surface area is 152 Å². The monoisotopic (exact) mass is 357 g/mol. The van der Waals surface area contributed by atoms with Gasteiger partial charge in [-0.05, 0) is 32.0 Å². The Morgan fingerprint density at radius 1 is 1.08 bits per heavy atom. The Morgan fingerprint density at radius 2 is 1.73 bits per heavy atom. The minimum Gasteiger partial charge on any atom is -0.459 e. The van der Waals surface area contributed by atoms with E-state index < -0.39 is 0 Å². The van der Waals surface area contributed by atoms with Gasteiger partial charge in [-0.1, -0.05) is 0 Å². The number of carbonyl (C=O) groups excluding carboxylic acids is 2. The molecule has 8 heteroatoms. The van der Waals surface area contributed by atoms with Crippen molar-refractivity contribution in [2.75, 3.05) is 44.2 Å². The Hall–Kier alpha value is -2.90. The maximum absolute atomic E-state index is 12.8. The van der Waals surface area contributed by atoms with Gasteiger partial charge in [-0.3, -0.25) is 9.59 Å². The van der Waals surface area contributed by atoms with E-state index in [1.54, 1.807) is 34.2 Å². The van der Waals surface area contributed by atoms with Crippen molar-refractivity contribution in [2.24, 2.45) is 0 Å². The topological polar surface area (TPSA) is 82.8 Å². The fourth-order valence-electron chi connectivity index (χ4n) is 2.96. The molecule has 1 saturated heterocycles.